The number of hydrogen-bond donors (Lipinski definition) is 0. The van der Waals surface area contributed by atoms with Crippen LogP contribution in [-0.4, -0.2) is 17.0 Å². The lowest BCUT2D eigenvalue weighted by atomic mass is 10.2. The summed E-state index contributed by atoms with van der Waals surface area (Å²) in [5.74, 6) is 1.46. The fourth-order valence-electron chi connectivity index (χ4n) is 1.74. The second-order valence-electron chi connectivity index (χ2n) is 4.26. The standard InChI is InChI=1S/C13H16ClN3S/c1-9-11(6-14)4-5-13(15-9)17(3)7-12-8-18-10(2)16-12/h4-5,8H,6-7H2,1-3H3. The molecule has 3 nitrogen and oxygen atoms in total. The molecule has 0 radical (unpaired) electrons. The first-order chi connectivity index (χ1) is 8.60. The predicted octanol–water partition coefficient (Wildman–Crippen LogP) is 3.53. The van der Waals surface area contributed by atoms with E-state index in [4.69, 9.17) is 11.6 Å². The summed E-state index contributed by atoms with van der Waals surface area (Å²) >= 11 is 7.51. The highest BCUT2D eigenvalue weighted by Crippen LogP contribution is 2.18. The van der Waals surface area contributed by atoms with Gasteiger partial charge in [-0.15, -0.1) is 22.9 Å². The van der Waals surface area contributed by atoms with E-state index in [1.54, 1.807) is 11.3 Å². The Bertz CT molecular complexity index is 539. The minimum Gasteiger partial charge on any atom is -0.354 e. The maximum atomic E-state index is 5.83. The fourth-order valence-corrected chi connectivity index (χ4v) is 2.62. The molecule has 5 heteroatoms. The summed E-state index contributed by atoms with van der Waals surface area (Å²) in [6, 6.07) is 4.04. The third-order valence-electron chi connectivity index (χ3n) is 2.78. The Morgan fingerprint density at radius 3 is 2.61 bits per heavy atom. The van der Waals surface area contributed by atoms with E-state index in [1.165, 1.54) is 0 Å². The molecule has 18 heavy (non-hydrogen) atoms. The van der Waals surface area contributed by atoms with Crippen LogP contribution in [0.2, 0.25) is 0 Å². The molecule has 0 amide bonds. The quantitative estimate of drug-likeness (QED) is 0.803. The molecule has 0 aliphatic heterocycles. The fraction of sp³-hybridized carbons (Fsp3) is 0.385. The molecule has 0 unspecified atom stereocenters. The van der Waals surface area contributed by atoms with E-state index >= 15 is 0 Å². The number of aromatic nitrogens is 2. The number of alkyl halides is 1. The summed E-state index contributed by atoms with van der Waals surface area (Å²) < 4.78 is 0. The van der Waals surface area contributed by atoms with Gasteiger partial charge in [0.25, 0.3) is 0 Å². The molecule has 0 fully saturated rings. The highest BCUT2D eigenvalue weighted by Gasteiger charge is 2.07. The van der Waals surface area contributed by atoms with E-state index < -0.39 is 0 Å². The molecule has 2 aromatic heterocycles. The first kappa shape index (κ1) is 13.3. The predicted molar refractivity (Wildman–Crippen MR) is 77.5 cm³/mol. The van der Waals surface area contributed by atoms with Crippen molar-refractivity contribution in [2.45, 2.75) is 26.3 Å². The zero-order valence-corrected chi connectivity index (χ0v) is 12.3. The van der Waals surface area contributed by atoms with Crippen molar-refractivity contribution in [3.8, 4) is 0 Å². The average Bonchev–Trinajstić information content (AvgIpc) is 2.74. The topological polar surface area (TPSA) is 29.0 Å². The second-order valence-corrected chi connectivity index (χ2v) is 5.59. The second kappa shape index (κ2) is 5.67. The normalized spacial score (nSPS) is 10.7. The number of anilines is 1. The third kappa shape index (κ3) is 3.00. The highest BCUT2D eigenvalue weighted by molar-refractivity contribution is 7.09. The lowest BCUT2D eigenvalue weighted by Crippen LogP contribution is -2.18. The smallest absolute Gasteiger partial charge is 0.128 e. The van der Waals surface area contributed by atoms with Crippen LogP contribution < -0.4 is 4.90 Å². The monoisotopic (exact) mass is 281 g/mol. The van der Waals surface area contributed by atoms with Gasteiger partial charge in [-0.2, -0.15) is 0 Å². The molecule has 0 saturated carbocycles. The zero-order valence-electron chi connectivity index (χ0n) is 10.8. The molecule has 0 atom stereocenters. The molecular formula is C13H16ClN3S. The molecule has 0 bridgehead atoms. The summed E-state index contributed by atoms with van der Waals surface area (Å²) in [7, 11) is 2.02. The average molecular weight is 282 g/mol. The van der Waals surface area contributed by atoms with Crippen molar-refractivity contribution in [1.82, 2.24) is 9.97 Å². The molecule has 2 heterocycles. The van der Waals surface area contributed by atoms with E-state index in [0.29, 0.717) is 5.88 Å². The van der Waals surface area contributed by atoms with Crippen LogP contribution in [0.15, 0.2) is 17.5 Å². The Hall–Kier alpha value is -1.13. The molecule has 96 valence electrons. The Labute approximate surface area is 116 Å². The Morgan fingerprint density at radius 2 is 2.06 bits per heavy atom. The van der Waals surface area contributed by atoms with Crippen molar-refractivity contribution in [1.29, 1.82) is 0 Å². The van der Waals surface area contributed by atoms with Gasteiger partial charge in [-0.25, -0.2) is 9.97 Å². The summed E-state index contributed by atoms with van der Waals surface area (Å²) in [6.45, 7) is 4.78. The van der Waals surface area contributed by atoms with Crippen molar-refractivity contribution in [3.63, 3.8) is 0 Å². The minimum atomic E-state index is 0.508. The third-order valence-corrected chi connectivity index (χ3v) is 3.89. The Balaban J connectivity index is 2.13. The number of halogens is 1. The molecule has 0 N–H and O–H groups in total. The largest absolute Gasteiger partial charge is 0.354 e. The van der Waals surface area contributed by atoms with Crippen LogP contribution in [-0.2, 0) is 12.4 Å². The van der Waals surface area contributed by atoms with Gasteiger partial charge in [-0.3, -0.25) is 0 Å². The van der Waals surface area contributed by atoms with Crippen LogP contribution in [0.4, 0.5) is 5.82 Å². The summed E-state index contributed by atoms with van der Waals surface area (Å²) in [5.41, 5.74) is 3.16. The molecule has 0 spiro atoms. The Kier molecular flexibility index (Phi) is 4.19. The van der Waals surface area contributed by atoms with Crippen molar-refractivity contribution in [2.24, 2.45) is 0 Å². The first-order valence-electron chi connectivity index (χ1n) is 5.75. The summed E-state index contributed by atoms with van der Waals surface area (Å²) in [4.78, 5) is 11.1. The number of rotatable bonds is 4. The van der Waals surface area contributed by atoms with Gasteiger partial charge < -0.3 is 4.90 Å². The van der Waals surface area contributed by atoms with Crippen molar-refractivity contribution in [3.05, 3.63) is 39.5 Å². The van der Waals surface area contributed by atoms with Crippen molar-refractivity contribution in [2.75, 3.05) is 11.9 Å². The van der Waals surface area contributed by atoms with Gasteiger partial charge in [0.15, 0.2) is 0 Å². The molecule has 0 saturated heterocycles. The number of hydrogen-bond acceptors (Lipinski definition) is 4. The van der Waals surface area contributed by atoms with Gasteiger partial charge in [0.2, 0.25) is 0 Å². The molecule has 0 aliphatic rings. The first-order valence-corrected chi connectivity index (χ1v) is 7.16. The molecule has 2 aromatic rings. The molecule has 0 aromatic carbocycles. The van der Waals surface area contributed by atoms with Crippen LogP contribution in [0.25, 0.3) is 0 Å². The van der Waals surface area contributed by atoms with E-state index in [0.717, 1.165) is 34.3 Å². The van der Waals surface area contributed by atoms with Crippen molar-refractivity contribution < 1.29 is 0 Å². The highest BCUT2D eigenvalue weighted by atomic mass is 35.5. The molecular weight excluding hydrogens is 266 g/mol. The summed E-state index contributed by atoms with van der Waals surface area (Å²) in [5, 5.41) is 3.19. The Morgan fingerprint density at radius 1 is 1.28 bits per heavy atom. The zero-order chi connectivity index (χ0) is 13.1. The van der Waals surface area contributed by atoms with Gasteiger partial charge in [-0.05, 0) is 25.5 Å². The van der Waals surface area contributed by atoms with Crippen molar-refractivity contribution >= 4 is 28.8 Å². The van der Waals surface area contributed by atoms with Crippen LogP contribution >= 0.6 is 22.9 Å². The number of pyridine rings is 1. The van der Waals surface area contributed by atoms with Crippen LogP contribution in [0, 0.1) is 13.8 Å². The SMILES string of the molecule is Cc1nc(CN(C)c2ccc(CCl)c(C)n2)cs1. The lowest BCUT2D eigenvalue weighted by Gasteiger charge is -2.18. The van der Waals surface area contributed by atoms with Crippen LogP contribution in [0.3, 0.4) is 0 Å². The number of aryl methyl sites for hydroxylation is 2. The number of thiazole rings is 1. The van der Waals surface area contributed by atoms with E-state index in [9.17, 15) is 0 Å². The van der Waals surface area contributed by atoms with Crippen LogP contribution in [0.1, 0.15) is 22.0 Å². The number of nitrogens with zero attached hydrogens (tertiary/aromatic N) is 3. The van der Waals surface area contributed by atoms with E-state index in [2.05, 4.69) is 20.2 Å². The van der Waals surface area contributed by atoms with Gasteiger partial charge in [0.05, 0.1) is 17.2 Å². The van der Waals surface area contributed by atoms with Crippen LogP contribution in [0.5, 0.6) is 0 Å². The lowest BCUT2D eigenvalue weighted by molar-refractivity contribution is 0.864. The maximum absolute atomic E-state index is 5.83. The maximum Gasteiger partial charge on any atom is 0.128 e. The molecule has 2 rings (SSSR count). The summed E-state index contributed by atoms with van der Waals surface area (Å²) in [6.07, 6.45) is 0. The van der Waals surface area contributed by atoms with Gasteiger partial charge in [0.1, 0.15) is 5.82 Å². The minimum absolute atomic E-state index is 0.508. The van der Waals surface area contributed by atoms with Gasteiger partial charge in [-0.1, -0.05) is 6.07 Å². The van der Waals surface area contributed by atoms with Gasteiger partial charge in [0, 0.05) is 24.0 Å². The van der Waals surface area contributed by atoms with E-state index in [-0.39, 0.29) is 0 Å². The van der Waals surface area contributed by atoms with Gasteiger partial charge >= 0.3 is 0 Å². The molecule has 0 aliphatic carbocycles. The van der Waals surface area contributed by atoms with E-state index in [1.807, 2.05) is 33.0 Å².